The third-order valence-electron chi connectivity index (χ3n) is 4.91. The number of hydrogen-bond donors (Lipinski definition) is 2. The van der Waals surface area contributed by atoms with E-state index in [2.05, 4.69) is 40.4 Å². The predicted octanol–water partition coefficient (Wildman–Crippen LogP) is 4.40. The van der Waals surface area contributed by atoms with Gasteiger partial charge in [-0.2, -0.15) is 11.8 Å². The number of methoxy groups -OCH3 is 1. The molecule has 0 saturated heterocycles. The Morgan fingerprint density at radius 2 is 1.80 bits per heavy atom. The maximum Gasteiger partial charge on any atom is 0.255 e. The van der Waals surface area contributed by atoms with Crippen molar-refractivity contribution in [1.29, 1.82) is 0 Å². The van der Waals surface area contributed by atoms with Crippen LogP contribution in [0.2, 0.25) is 0 Å². The fraction of sp³-hybridized carbons (Fsp3) is 0.391. The number of para-hydroxylation sites is 1. The lowest BCUT2D eigenvalue weighted by Crippen LogP contribution is -2.49. The molecule has 0 radical (unpaired) electrons. The summed E-state index contributed by atoms with van der Waals surface area (Å²) in [4.78, 5) is 25.7. The van der Waals surface area contributed by atoms with Crippen LogP contribution in [0, 0.1) is 0 Å². The van der Waals surface area contributed by atoms with E-state index in [1.807, 2.05) is 30.5 Å². The maximum absolute atomic E-state index is 12.9. The van der Waals surface area contributed by atoms with Crippen LogP contribution in [0.25, 0.3) is 0 Å². The van der Waals surface area contributed by atoms with Crippen LogP contribution in [-0.2, 0) is 10.2 Å². The Labute approximate surface area is 191 Å². The minimum absolute atomic E-state index is 0.183. The summed E-state index contributed by atoms with van der Waals surface area (Å²) < 4.78 is 6.29. The van der Waals surface area contributed by atoms with Crippen LogP contribution in [-0.4, -0.2) is 43.5 Å². The SMILES string of the molecule is COc1ccccc1C(=O)NC(CCSC)C(=O)NCC(C)(C)c1ccc(Br)cc1. The Morgan fingerprint density at radius 1 is 1.13 bits per heavy atom. The number of benzene rings is 2. The molecule has 1 unspecified atom stereocenters. The Morgan fingerprint density at radius 3 is 2.43 bits per heavy atom. The maximum atomic E-state index is 12.9. The summed E-state index contributed by atoms with van der Waals surface area (Å²) in [5.41, 5.74) is 1.30. The first-order valence-electron chi connectivity index (χ1n) is 9.75. The van der Waals surface area contributed by atoms with E-state index in [0.717, 1.165) is 15.8 Å². The number of nitrogens with one attached hydrogen (secondary N) is 2. The van der Waals surface area contributed by atoms with Crippen molar-refractivity contribution in [3.63, 3.8) is 0 Å². The van der Waals surface area contributed by atoms with E-state index in [-0.39, 0.29) is 17.2 Å². The van der Waals surface area contributed by atoms with Gasteiger partial charge in [0.15, 0.2) is 0 Å². The minimum atomic E-state index is -0.615. The molecular weight excluding hydrogens is 464 g/mol. The lowest BCUT2D eigenvalue weighted by atomic mass is 9.84. The highest BCUT2D eigenvalue weighted by molar-refractivity contribution is 9.10. The smallest absolute Gasteiger partial charge is 0.255 e. The number of halogens is 1. The fourth-order valence-electron chi connectivity index (χ4n) is 3.01. The van der Waals surface area contributed by atoms with Crippen molar-refractivity contribution in [3.8, 4) is 5.75 Å². The van der Waals surface area contributed by atoms with Crippen LogP contribution in [0.3, 0.4) is 0 Å². The number of hydrogen-bond acceptors (Lipinski definition) is 4. The van der Waals surface area contributed by atoms with Crippen molar-refractivity contribution in [2.45, 2.75) is 31.7 Å². The van der Waals surface area contributed by atoms with Gasteiger partial charge >= 0.3 is 0 Å². The third kappa shape index (κ3) is 6.77. The monoisotopic (exact) mass is 492 g/mol. The van der Waals surface area contributed by atoms with Crippen molar-refractivity contribution in [3.05, 3.63) is 64.1 Å². The van der Waals surface area contributed by atoms with Gasteiger partial charge in [0.1, 0.15) is 11.8 Å². The minimum Gasteiger partial charge on any atom is -0.496 e. The van der Waals surface area contributed by atoms with Crippen LogP contribution in [0.1, 0.15) is 36.2 Å². The molecule has 0 aliphatic rings. The molecule has 7 heteroatoms. The first-order valence-corrected chi connectivity index (χ1v) is 11.9. The lowest BCUT2D eigenvalue weighted by molar-refractivity contribution is -0.123. The number of amides is 2. The summed E-state index contributed by atoms with van der Waals surface area (Å²) in [6, 6.07) is 14.5. The van der Waals surface area contributed by atoms with Gasteiger partial charge in [0.25, 0.3) is 5.91 Å². The molecule has 0 heterocycles. The molecule has 5 nitrogen and oxygen atoms in total. The van der Waals surface area contributed by atoms with Crippen molar-refractivity contribution in [2.24, 2.45) is 0 Å². The number of carbonyl (C=O) groups is 2. The van der Waals surface area contributed by atoms with E-state index >= 15 is 0 Å². The summed E-state index contributed by atoms with van der Waals surface area (Å²) in [6.07, 6.45) is 2.53. The zero-order chi connectivity index (χ0) is 22.1. The van der Waals surface area contributed by atoms with Crippen LogP contribution in [0.5, 0.6) is 5.75 Å². The highest BCUT2D eigenvalue weighted by atomic mass is 79.9. The molecule has 0 fully saturated rings. The second-order valence-electron chi connectivity index (χ2n) is 7.62. The zero-order valence-electron chi connectivity index (χ0n) is 17.8. The first-order chi connectivity index (χ1) is 14.3. The van der Waals surface area contributed by atoms with Crippen LogP contribution in [0.15, 0.2) is 53.0 Å². The molecule has 2 N–H and O–H groups in total. The Hall–Kier alpha value is -1.99. The summed E-state index contributed by atoms with van der Waals surface area (Å²) in [6.45, 7) is 4.63. The summed E-state index contributed by atoms with van der Waals surface area (Å²) in [7, 11) is 1.52. The van der Waals surface area contributed by atoms with Gasteiger partial charge in [0, 0.05) is 16.4 Å². The summed E-state index contributed by atoms with van der Waals surface area (Å²) in [5, 5.41) is 5.90. The number of thioether (sulfide) groups is 1. The Balaban J connectivity index is 2.07. The molecule has 0 spiro atoms. The third-order valence-corrected chi connectivity index (χ3v) is 6.09. The van der Waals surface area contributed by atoms with E-state index < -0.39 is 6.04 Å². The van der Waals surface area contributed by atoms with Gasteiger partial charge in [-0.25, -0.2) is 0 Å². The molecule has 0 aliphatic carbocycles. The van der Waals surface area contributed by atoms with E-state index in [9.17, 15) is 9.59 Å². The van der Waals surface area contributed by atoms with Crippen LogP contribution >= 0.6 is 27.7 Å². The highest BCUT2D eigenvalue weighted by Crippen LogP contribution is 2.24. The normalized spacial score (nSPS) is 12.2. The largest absolute Gasteiger partial charge is 0.496 e. The first kappa shape index (κ1) is 24.3. The number of rotatable bonds is 10. The van der Waals surface area contributed by atoms with E-state index in [4.69, 9.17) is 4.74 Å². The van der Waals surface area contributed by atoms with Gasteiger partial charge in [0.2, 0.25) is 5.91 Å². The molecule has 0 bridgehead atoms. The molecule has 0 aromatic heterocycles. The standard InChI is InChI=1S/C23H29BrN2O3S/c1-23(2,16-9-11-17(24)12-10-16)15-25-22(28)19(13-14-30-4)26-21(27)18-7-5-6-8-20(18)29-3/h5-12,19H,13-15H2,1-4H3,(H,25,28)(H,26,27). The number of ether oxygens (including phenoxy) is 1. The topological polar surface area (TPSA) is 67.4 Å². The summed E-state index contributed by atoms with van der Waals surface area (Å²) >= 11 is 5.09. The molecule has 1 atom stereocenters. The van der Waals surface area contributed by atoms with Crippen LogP contribution in [0.4, 0.5) is 0 Å². The van der Waals surface area contributed by atoms with Gasteiger partial charge < -0.3 is 15.4 Å². The van der Waals surface area contributed by atoms with Gasteiger partial charge in [-0.3, -0.25) is 9.59 Å². The van der Waals surface area contributed by atoms with Gasteiger partial charge in [-0.05, 0) is 48.3 Å². The van der Waals surface area contributed by atoms with Crippen molar-refractivity contribution >= 4 is 39.5 Å². The summed E-state index contributed by atoms with van der Waals surface area (Å²) in [5.74, 6) is 0.745. The highest BCUT2D eigenvalue weighted by Gasteiger charge is 2.26. The van der Waals surface area contributed by atoms with Gasteiger partial charge in [0.05, 0.1) is 12.7 Å². The molecular formula is C23H29BrN2O3S. The quantitative estimate of drug-likeness (QED) is 0.515. The van der Waals surface area contributed by atoms with Crippen molar-refractivity contribution in [1.82, 2.24) is 10.6 Å². The molecule has 2 amide bonds. The molecule has 2 aromatic rings. The molecule has 2 rings (SSSR count). The molecule has 0 aliphatic heterocycles. The van der Waals surface area contributed by atoms with Crippen molar-refractivity contribution < 1.29 is 14.3 Å². The van der Waals surface area contributed by atoms with Gasteiger partial charge in [-0.1, -0.05) is 54.0 Å². The zero-order valence-corrected chi connectivity index (χ0v) is 20.2. The average Bonchev–Trinajstić information content (AvgIpc) is 2.75. The average molecular weight is 493 g/mol. The van der Waals surface area contributed by atoms with E-state index in [1.165, 1.54) is 7.11 Å². The second kappa shape index (κ2) is 11.4. The Kier molecular flexibility index (Phi) is 9.24. The molecule has 2 aromatic carbocycles. The Bertz CT molecular complexity index is 856. The van der Waals surface area contributed by atoms with E-state index in [1.54, 1.807) is 36.0 Å². The van der Waals surface area contributed by atoms with Gasteiger partial charge in [-0.15, -0.1) is 0 Å². The van der Waals surface area contributed by atoms with E-state index in [0.29, 0.717) is 24.3 Å². The second-order valence-corrected chi connectivity index (χ2v) is 9.52. The molecule has 162 valence electrons. The molecule has 30 heavy (non-hydrogen) atoms. The predicted molar refractivity (Wildman–Crippen MR) is 127 cm³/mol. The van der Waals surface area contributed by atoms with Crippen molar-refractivity contribution in [2.75, 3.05) is 25.7 Å². The number of carbonyl (C=O) groups excluding carboxylic acids is 2. The molecule has 0 saturated carbocycles. The lowest BCUT2D eigenvalue weighted by Gasteiger charge is -2.27. The van der Waals surface area contributed by atoms with Crippen LogP contribution < -0.4 is 15.4 Å². The fourth-order valence-corrected chi connectivity index (χ4v) is 3.74.